The first-order chi connectivity index (χ1) is 12.0. The molecule has 5 nitrogen and oxygen atoms in total. The van der Waals surface area contributed by atoms with Crippen molar-refractivity contribution in [1.29, 1.82) is 0 Å². The summed E-state index contributed by atoms with van der Waals surface area (Å²) in [5.74, 6) is 0.695. The van der Waals surface area contributed by atoms with Gasteiger partial charge in [-0.3, -0.25) is 4.79 Å². The Bertz CT molecular complexity index is 851. The largest absolute Gasteiger partial charge is 0.350 e. The zero-order valence-corrected chi connectivity index (χ0v) is 14.7. The molecule has 3 aromatic rings. The molecule has 0 amide bonds. The van der Waals surface area contributed by atoms with Crippen LogP contribution in [0.4, 0.5) is 5.95 Å². The summed E-state index contributed by atoms with van der Waals surface area (Å²) in [5.41, 5.74) is 3.72. The monoisotopic (exact) mass is 334 g/mol. The molecule has 1 N–H and O–H groups in total. The molecule has 0 atom stereocenters. The Morgan fingerprint density at radius 3 is 2.44 bits per heavy atom. The van der Waals surface area contributed by atoms with E-state index in [1.165, 1.54) is 5.56 Å². The second-order valence-electron chi connectivity index (χ2n) is 6.38. The number of hydrogen-bond donors (Lipinski definition) is 1. The van der Waals surface area contributed by atoms with Crippen molar-refractivity contribution in [2.75, 3.05) is 5.32 Å². The van der Waals surface area contributed by atoms with E-state index in [2.05, 4.69) is 27.4 Å². The maximum Gasteiger partial charge on any atom is 0.222 e. The highest BCUT2D eigenvalue weighted by Crippen LogP contribution is 2.22. The Morgan fingerprint density at radius 1 is 1.12 bits per heavy atom. The number of ketones is 1. The maximum absolute atomic E-state index is 12.2. The highest BCUT2D eigenvalue weighted by atomic mass is 16.1. The lowest BCUT2D eigenvalue weighted by molar-refractivity contribution is 0.0931. The van der Waals surface area contributed by atoms with Crippen LogP contribution in [-0.2, 0) is 13.6 Å². The predicted octanol–water partition coefficient (Wildman–Crippen LogP) is 3.93. The number of rotatable bonds is 6. The van der Waals surface area contributed by atoms with Crippen LogP contribution in [-0.4, -0.2) is 20.3 Å². The van der Waals surface area contributed by atoms with Crippen LogP contribution in [0.2, 0.25) is 0 Å². The van der Waals surface area contributed by atoms with Crippen molar-refractivity contribution in [3.8, 4) is 11.1 Å². The molecule has 0 radical (unpaired) electrons. The number of carbonyl (C=O) groups is 1. The first kappa shape index (κ1) is 16.9. The number of Topliss-reactive ketones (excluding diaryl/α,β-unsaturated/α-hetero) is 1. The van der Waals surface area contributed by atoms with Crippen LogP contribution in [0.3, 0.4) is 0 Å². The Labute approximate surface area is 147 Å². The van der Waals surface area contributed by atoms with Gasteiger partial charge in [0.2, 0.25) is 5.95 Å². The minimum absolute atomic E-state index is 0.0257. The number of nitrogens with zero attached hydrogens (tertiary/aromatic N) is 3. The molecule has 0 saturated heterocycles. The van der Waals surface area contributed by atoms with Crippen molar-refractivity contribution in [3.05, 3.63) is 66.2 Å². The summed E-state index contributed by atoms with van der Waals surface area (Å²) in [6, 6.07) is 12.0. The van der Waals surface area contributed by atoms with Gasteiger partial charge in [-0.05, 0) is 11.6 Å². The summed E-state index contributed by atoms with van der Waals surface area (Å²) < 4.78 is 1.86. The molecule has 1 aromatic carbocycles. The smallest absolute Gasteiger partial charge is 0.222 e. The van der Waals surface area contributed by atoms with Gasteiger partial charge in [0.15, 0.2) is 5.78 Å². The zero-order valence-electron chi connectivity index (χ0n) is 14.7. The van der Waals surface area contributed by atoms with Gasteiger partial charge >= 0.3 is 0 Å². The molecule has 0 bridgehead atoms. The molecule has 0 fully saturated rings. The Hall–Kier alpha value is -2.95. The van der Waals surface area contributed by atoms with Crippen molar-refractivity contribution in [1.82, 2.24) is 14.5 Å². The van der Waals surface area contributed by atoms with Crippen LogP contribution in [0.15, 0.2) is 55.0 Å². The molecule has 0 aliphatic rings. The summed E-state index contributed by atoms with van der Waals surface area (Å²) in [5, 5.41) is 3.21. The number of aryl methyl sites for hydroxylation is 1. The van der Waals surface area contributed by atoms with E-state index in [0.29, 0.717) is 18.2 Å². The third-order valence-electron chi connectivity index (χ3n) is 4.06. The molecule has 0 spiro atoms. The summed E-state index contributed by atoms with van der Waals surface area (Å²) in [6.07, 6.45) is 5.49. The molecule has 0 aliphatic carbocycles. The van der Waals surface area contributed by atoms with E-state index < -0.39 is 0 Å². The third kappa shape index (κ3) is 3.94. The minimum atomic E-state index is -0.0257. The van der Waals surface area contributed by atoms with E-state index in [1.54, 1.807) is 12.4 Å². The van der Waals surface area contributed by atoms with Gasteiger partial charge < -0.3 is 9.88 Å². The van der Waals surface area contributed by atoms with Crippen LogP contribution >= 0.6 is 0 Å². The zero-order chi connectivity index (χ0) is 17.8. The molecule has 0 unspecified atom stereocenters. The van der Waals surface area contributed by atoms with Gasteiger partial charge in [0.25, 0.3) is 0 Å². The van der Waals surface area contributed by atoms with Crippen LogP contribution < -0.4 is 5.32 Å². The fourth-order valence-electron chi connectivity index (χ4n) is 2.61. The van der Waals surface area contributed by atoms with Crippen molar-refractivity contribution in [2.24, 2.45) is 13.0 Å². The van der Waals surface area contributed by atoms with Crippen molar-refractivity contribution in [3.63, 3.8) is 0 Å². The minimum Gasteiger partial charge on any atom is -0.350 e. The lowest BCUT2D eigenvalue weighted by atomic mass is 10.1. The molecule has 128 valence electrons. The molecule has 2 aromatic heterocycles. The topological polar surface area (TPSA) is 59.8 Å². The first-order valence-corrected chi connectivity index (χ1v) is 8.35. The van der Waals surface area contributed by atoms with Crippen LogP contribution in [0.25, 0.3) is 11.1 Å². The second-order valence-corrected chi connectivity index (χ2v) is 6.38. The van der Waals surface area contributed by atoms with Gasteiger partial charge in [0.05, 0.1) is 5.69 Å². The van der Waals surface area contributed by atoms with Crippen LogP contribution in [0.5, 0.6) is 0 Å². The van der Waals surface area contributed by atoms with E-state index >= 15 is 0 Å². The average molecular weight is 334 g/mol. The lowest BCUT2D eigenvalue weighted by Gasteiger charge is -2.05. The maximum atomic E-state index is 12.2. The number of hydrogen-bond acceptors (Lipinski definition) is 4. The Morgan fingerprint density at radius 2 is 1.80 bits per heavy atom. The highest BCUT2D eigenvalue weighted by molar-refractivity contribution is 5.97. The molecule has 0 aliphatic heterocycles. The highest BCUT2D eigenvalue weighted by Gasteiger charge is 2.16. The summed E-state index contributed by atoms with van der Waals surface area (Å²) in [4.78, 5) is 21.0. The summed E-state index contributed by atoms with van der Waals surface area (Å²) in [6.45, 7) is 4.50. The van der Waals surface area contributed by atoms with E-state index in [-0.39, 0.29) is 11.7 Å². The van der Waals surface area contributed by atoms with Gasteiger partial charge in [-0.1, -0.05) is 44.2 Å². The second kappa shape index (κ2) is 7.30. The van der Waals surface area contributed by atoms with Gasteiger partial charge in [0, 0.05) is 49.2 Å². The predicted molar refractivity (Wildman–Crippen MR) is 99.4 cm³/mol. The SMILES string of the molecule is CC(C)C(=O)c1cc(-c2cnc(NCc3ccccc3)nc2)cn1C. The molecule has 0 saturated carbocycles. The van der Waals surface area contributed by atoms with Crippen molar-refractivity contribution in [2.45, 2.75) is 20.4 Å². The standard InChI is InChI=1S/C20H22N4O/c1-14(2)19(25)18-9-16(13-24(18)3)17-11-22-20(23-12-17)21-10-15-7-5-4-6-8-15/h4-9,11-14H,10H2,1-3H3,(H,21,22,23). The Balaban J connectivity index is 1.72. The third-order valence-corrected chi connectivity index (χ3v) is 4.06. The van der Waals surface area contributed by atoms with Crippen molar-refractivity contribution < 1.29 is 4.79 Å². The molecular weight excluding hydrogens is 312 g/mol. The number of anilines is 1. The van der Waals surface area contributed by atoms with Crippen LogP contribution in [0.1, 0.15) is 29.9 Å². The van der Waals surface area contributed by atoms with E-state index in [4.69, 9.17) is 0 Å². The Kier molecular flexibility index (Phi) is 4.93. The number of aromatic nitrogens is 3. The molecular formula is C20H22N4O. The van der Waals surface area contributed by atoms with E-state index in [9.17, 15) is 4.79 Å². The lowest BCUT2D eigenvalue weighted by Crippen LogP contribution is -2.11. The normalized spacial score (nSPS) is 10.9. The number of nitrogens with one attached hydrogen (secondary N) is 1. The van der Waals surface area contributed by atoms with E-state index in [0.717, 1.165) is 11.1 Å². The number of carbonyl (C=O) groups excluding carboxylic acids is 1. The average Bonchev–Trinajstić information content (AvgIpc) is 3.02. The van der Waals surface area contributed by atoms with E-state index in [1.807, 2.05) is 55.9 Å². The van der Waals surface area contributed by atoms with Gasteiger partial charge in [-0.25, -0.2) is 9.97 Å². The van der Waals surface area contributed by atoms with Crippen molar-refractivity contribution >= 4 is 11.7 Å². The fourth-order valence-corrected chi connectivity index (χ4v) is 2.61. The summed E-state index contributed by atoms with van der Waals surface area (Å²) in [7, 11) is 1.88. The molecule has 2 heterocycles. The van der Waals surface area contributed by atoms with Crippen LogP contribution in [0, 0.1) is 5.92 Å². The number of benzene rings is 1. The molecule has 3 rings (SSSR count). The van der Waals surface area contributed by atoms with Gasteiger partial charge in [-0.15, -0.1) is 0 Å². The summed E-state index contributed by atoms with van der Waals surface area (Å²) >= 11 is 0. The fraction of sp³-hybridized carbons (Fsp3) is 0.250. The van der Waals surface area contributed by atoms with Gasteiger partial charge in [0.1, 0.15) is 0 Å². The quantitative estimate of drug-likeness (QED) is 0.694. The van der Waals surface area contributed by atoms with Gasteiger partial charge in [-0.2, -0.15) is 0 Å². The first-order valence-electron chi connectivity index (χ1n) is 8.35. The molecule has 5 heteroatoms. The molecule has 25 heavy (non-hydrogen) atoms.